The maximum atomic E-state index is 4.47. The van der Waals surface area contributed by atoms with Gasteiger partial charge in [0.1, 0.15) is 0 Å². The number of hydrogen-bond acceptors (Lipinski definition) is 2. The van der Waals surface area contributed by atoms with Crippen LogP contribution in [0.5, 0.6) is 0 Å². The lowest BCUT2D eigenvalue weighted by Gasteiger charge is -2.25. The van der Waals surface area contributed by atoms with Crippen LogP contribution in [0.1, 0.15) is 12.0 Å². The Kier molecular flexibility index (Phi) is 8.03. The van der Waals surface area contributed by atoms with Crippen molar-refractivity contribution in [1.29, 1.82) is 0 Å². The monoisotopic (exact) mass is 504 g/mol. The molecule has 1 unspecified atom stereocenters. The molecule has 1 N–H and O–H groups in total. The second-order valence-electron chi connectivity index (χ2n) is 6.16. The van der Waals surface area contributed by atoms with Crippen LogP contribution in [0.4, 0.5) is 0 Å². The Balaban J connectivity index is 0.00000208. The molecule has 0 spiro atoms. The highest BCUT2D eigenvalue weighted by Gasteiger charge is 2.29. The smallest absolute Gasteiger partial charge is 0.193 e. The Morgan fingerprint density at radius 2 is 1.96 bits per heavy atom. The molecular formula is C18H26BrIN4. The van der Waals surface area contributed by atoms with Crippen molar-refractivity contribution < 1.29 is 0 Å². The second kappa shape index (κ2) is 9.77. The first-order valence-electron chi connectivity index (χ1n) is 8.35. The first-order chi connectivity index (χ1) is 11.3. The molecule has 1 saturated heterocycles. The Morgan fingerprint density at radius 1 is 1.25 bits per heavy atom. The predicted octanol–water partition coefficient (Wildman–Crippen LogP) is 3.13. The van der Waals surface area contributed by atoms with Crippen LogP contribution in [0.3, 0.4) is 0 Å². The zero-order valence-corrected chi connectivity index (χ0v) is 18.0. The number of halogens is 2. The van der Waals surface area contributed by atoms with Gasteiger partial charge in [-0.05, 0) is 30.5 Å². The lowest BCUT2D eigenvalue weighted by Crippen LogP contribution is -2.43. The fourth-order valence-electron chi connectivity index (χ4n) is 3.33. The Labute approximate surface area is 170 Å². The van der Waals surface area contributed by atoms with Gasteiger partial charge in [-0.25, -0.2) is 0 Å². The van der Waals surface area contributed by atoms with Gasteiger partial charge < -0.3 is 10.2 Å². The summed E-state index contributed by atoms with van der Waals surface area (Å²) in [6.07, 6.45) is 6.79. The molecule has 6 heteroatoms. The summed E-state index contributed by atoms with van der Waals surface area (Å²) < 4.78 is 1.13. The van der Waals surface area contributed by atoms with Crippen LogP contribution in [0.2, 0.25) is 0 Å². The lowest BCUT2D eigenvalue weighted by atomic mass is 10.1. The number of nitrogens with one attached hydrogen (secondary N) is 1. The molecule has 0 aliphatic carbocycles. The van der Waals surface area contributed by atoms with E-state index in [0.717, 1.165) is 49.6 Å². The van der Waals surface area contributed by atoms with Gasteiger partial charge in [0.25, 0.3) is 0 Å². The van der Waals surface area contributed by atoms with Crippen molar-refractivity contribution in [3.8, 4) is 0 Å². The van der Waals surface area contributed by atoms with Gasteiger partial charge in [0.05, 0.1) is 0 Å². The van der Waals surface area contributed by atoms with E-state index in [4.69, 9.17) is 0 Å². The number of aliphatic imine (C=N–C) groups is 1. The normalized spacial score (nSPS) is 21.2. The van der Waals surface area contributed by atoms with Crippen molar-refractivity contribution >= 4 is 45.9 Å². The highest BCUT2D eigenvalue weighted by molar-refractivity contribution is 14.0. The van der Waals surface area contributed by atoms with Gasteiger partial charge in [0, 0.05) is 50.3 Å². The first kappa shape index (κ1) is 19.7. The van der Waals surface area contributed by atoms with Gasteiger partial charge in [-0.1, -0.05) is 40.2 Å². The van der Waals surface area contributed by atoms with Crippen LogP contribution in [-0.4, -0.2) is 61.6 Å². The Bertz CT molecular complexity index is 565. The van der Waals surface area contributed by atoms with Gasteiger partial charge in [-0.2, -0.15) is 0 Å². The highest BCUT2D eigenvalue weighted by atomic mass is 127. The summed E-state index contributed by atoms with van der Waals surface area (Å²) in [4.78, 5) is 9.41. The van der Waals surface area contributed by atoms with E-state index in [1.807, 2.05) is 7.05 Å². The number of hydrogen-bond donors (Lipinski definition) is 1. The third-order valence-electron chi connectivity index (χ3n) is 4.65. The molecule has 0 aromatic heterocycles. The summed E-state index contributed by atoms with van der Waals surface area (Å²) >= 11 is 3.48. The van der Waals surface area contributed by atoms with E-state index in [-0.39, 0.29) is 24.0 Å². The standard InChI is InChI=1S/C18H25BrN4.HI/c1-20-18(21-10-8-15-4-6-16(19)7-5-15)23-13-9-17(14-23)22-11-2-3-12-22;/h2-7,17H,8-14H2,1H3,(H,20,21);1H. The minimum absolute atomic E-state index is 0. The summed E-state index contributed by atoms with van der Waals surface area (Å²) in [5, 5.41) is 3.52. The van der Waals surface area contributed by atoms with Crippen molar-refractivity contribution in [2.75, 3.05) is 39.8 Å². The molecule has 2 heterocycles. The van der Waals surface area contributed by atoms with Crippen LogP contribution in [0, 0.1) is 0 Å². The third kappa shape index (κ3) is 5.20. The molecule has 0 saturated carbocycles. The van der Waals surface area contributed by atoms with E-state index in [2.05, 4.69) is 72.5 Å². The van der Waals surface area contributed by atoms with Crippen LogP contribution in [-0.2, 0) is 6.42 Å². The van der Waals surface area contributed by atoms with Gasteiger partial charge >= 0.3 is 0 Å². The van der Waals surface area contributed by atoms with Crippen molar-refractivity contribution in [2.24, 2.45) is 4.99 Å². The second-order valence-corrected chi connectivity index (χ2v) is 7.08. The molecular weight excluding hydrogens is 479 g/mol. The van der Waals surface area contributed by atoms with Crippen molar-refractivity contribution in [1.82, 2.24) is 15.1 Å². The van der Waals surface area contributed by atoms with E-state index in [1.165, 1.54) is 12.0 Å². The van der Waals surface area contributed by atoms with Gasteiger partial charge in [0.15, 0.2) is 5.96 Å². The van der Waals surface area contributed by atoms with Crippen LogP contribution in [0.25, 0.3) is 0 Å². The maximum absolute atomic E-state index is 4.47. The molecule has 132 valence electrons. The number of benzene rings is 1. The molecule has 1 fully saturated rings. The van der Waals surface area contributed by atoms with Gasteiger partial charge in [-0.3, -0.25) is 9.89 Å². The Morgan fingerprint density at radius 3 is 2.62 bits per heavy atom. The SMILES string of the molecule is CN=C(NCCc1ccc(Br)cc1)N1CCC(N2CC=CC2)C1.I. The molecule has 0 bridgehead atoms. The van der Waals surface area contributed by atoms with E-state index < -0.39 is 0 Å². The molecule has 3 rings (SSSR count). The topological polar surface area (TPSA) is 30.9 Å². The van der Waals surface area contributed by atoms with Crippen molar-refractivity contribution in [2.45, 2.75) is 18.9 Å². The van der Waals surface area contributed by atoms with E-state index in [1.54, 1.807) is 0 Å². The maximum Gasteiger partial charge on any atom is 0.193 e. The highest BCUT2D eigenvalue weighted by Crippen LogP contribution is 2.18. The molecule has 1 atom stereocenters. The van der Waals surface area contributed by atoms with Gasteiger partial charge in [-0.15, -0.1) is 24.0 Å². The largest absolute Gasteiger partial charge is 0.356 e. The molecule has 4 nitrogen and oxygen atoms in total. The summed E-state index contributed by atoms with van der Waals surface area (Å²) in [6, 6.07) is 9.19. The number of guanidine groups is 1. The zero-order valence-electron chi connectivity index (χ0n) is 14.1. The average Bonchev–Trinajstić information content (AvgIpc) is 3.24. The van der Waals surface area contributed by atoms with Crippen molar-refractivity contribution in [3.05, 3.63) is 46.5 Å². The zero-order chi connectivity index (χ0) is 16.1. The van der Waals surface area contributed by atoms with Crippen LogP contribution >= 0.6 is 39.9 Å². The number of rotatable bonds is 4. The molecule has 1 aromatic carbocycles. The van der Waals surface area contributed by atoms with Crippen LogP contribution in [0.15, 0.2) is 45.9 Å². The first-order valence-corrected chi connectivity index (χ1v) is 9.14. The third-order valence-corrected chi connectivity index (χ3v) is 5.18. The molecule has 1 aromatic rings. The molecule has 2 aliphatic heterocycles. The van der Waals surface area contributed by atoms with E-state index >= 15 is 0 Å². The summed E-state index contributed by atoms with van der Waals surface area (Å²) in [5.74, 6) is 1.04. The van der Waals surface area contributed by atoms with E-state index in [9.17, 15) is 0 Å². The number of nitrogens with zero attached hydrogens (tertiary/aromatic N) is 3. The molecule has 0 amide bonds. The quantitative estimate of drug-likeness (QED) is 0.296. The minimum Gasteiger partial charge on any atom is -0.356 e. The fourth-order valence-corrected chi connectivity index (χ4v) is 3.59. The van der Waals surface area contributed by atoms with Gasteiger partial charge in [0.2, 0.25) is 0 Å². The molecule has 24 heavy (non-hydrogen) atoms. The predicted molar refractivity (Wildman–Crippen MR) is 115 cm³/mol. The average molecular weight is 505 g/mol. The fraction of sp³-hybridized carbons (Fsp3) is 0.500. The lowest BCUT2D eigenvalue weighted by molar-refractivity contribution is 0.259. The number of likely N-dealkylation sites (tertiary alicyclic amines) is 1. The van der Waals surface area contributed by atoms with Crippen LogP contribution < -0.4 is 5.32 Å². The van der Waals surface area contributed by atoms with E-state index in [0.29, 0.717) is 6.04 Å². The summed E-state index contributed by atoms with van der Waals surface area (Å²) in [6.45, 7) is 5.31. The van der Waals surface area contributed by atoms with Crippen molar-refractivity contribution in [3.63, 3.8) is 0 Å². The summed E-state index contributed by atoms with van der Waals surface area (Å²) in [7, 11) is 1.88. The molecule has 2 aliphatic rings. The molecule has 0 radical (unpaired) electrons. The Hall–Kier alpha value is -0.600. The summed E-state index contributed by atoms with van der Waals surface area (Å²) in [5.41, 5.74) is 1.35. The minimum atomic E-state index is 0.